The van der Waals surface area contributed by atoms with E-state index in [-0.39, 0.29) is 5.91 Å². The van der Waals surface area contributed by atoms with Crippen molar-refractivity contribution in [2.24, 2.45) is 21.6 Å². The van der Waals surface area contributed by atoms with Crippen molar-refractivity contribution in [3.05, 3.63) is 23.5 Å². The van der Waals surface area contributed by atoms with E-state index in [1.54, 1.807) is 0 Å². The van der Waals surface area contributed by atoms with E-state index in [1.807, 2.05) is 4.90 Å². The Morgan fingerprint density at radius 1 is 1.17 bits per heavy atom. The Hall–Kier alpha value is -2.36. The number of carbonyl (C=O) groups excluding carboxylic acids is 1. The minimum absolute atomic E-state index is 0.178. The molecule has 3 rings (SSSR count). The molecule has 1 saturated heterocycles. The summed E-state index contributed by atoms with van der Waals surface area (Å²) in [6.07, 6.45) is 15.2. The first-order valence-corrected chi connectivity index (χ1v) is 16.3. The van der Waals surface area contributed by atoms with Crippen LogP contribution in [0.15, 0.2) is 33.5 Å². The van der Waals surface area contributed by atoms with E-state index >= 15 is 0 Å². The molecule has 9 heteroatoms. The zero-order chi connectivity index (χ0) is 31.0. The lowest BCUT2D eigenvalue weighted by molar-refractivity contribution is -0.529. The fraction of sp³-hybridized carbons (Fsp3) is 0.758. The summed E-state index contributed by atoms with van der Waals surface area (Å²) in [5.74, 6) is 1.43. The van der Waals surface area contributed by atoms with Gasteiger partial charge in [-0.05, 0) is 64.3 Å². The van der Waals surface area contributed by atoms with Crippen molar-refractivity contribution < 1.29 is 18.8 Å². The Bertz CT molecular complexity index is 888. The van der Waals surface area contributed by atoms with Crippen molar-refractivity contribution in [2.45, 2.75) is 91.9 Å². The number of rotatable bonds is 16. The van der Waals surface area contributed by atoms with Crippen molar-refractivity contribution in [3.63, 3.8) is 0 Å². The molecule has 0 bridgehead atoms. The fourth-order valence-corrected chi connectivity index (χ4v) is 4.79. The zero-order valence-corrected chi connectivity index (χ0v) is 27.5. The van der Waals surface area contributed by atoms with E-state index in [1.165, 1.54) is 50.6 Å². The Balaban J connectivity index is 0.000000858. The molecular formula is C33H61N6O3+. The van der Waals surface area contributed by atoms with Crippen LogP contribution in [0.3, 0.4) is 0 Å². The largest absolute Gasteiger partial charge is 0.381 e. The second-order valence-corrected chi connectivity index (χ2v) is 10.8. The van der Waals surface area contributed by atoms with Crippen LogP contribution in [0.4, 0.5) is 0 Å². The highest BCUT2D eigenvalue weighted by Crippen LogP contribution is 2.37. The Morgan fingerprint density at radius 3 is 2.55 bits per heavy atom. The number of amidine groups is 1. The third-order valence-corrected chi connectivity index (χ3v) is 7.31. The van der Waals surface area contributed by atoms with Gasteiger partial charge in [-0.1, -0.05) is 27.2 Å². The zero-order valence-electron chi connectivity index (χ0n) is 27.5. The Morgan fingerprint density at radius 2 is 1.90 bits per heavy atom. The number of nitrogens with zero attached hydrogens (tertiary/aromatic N) is 4. The van der Waals surface area contributed by atoms with Gasteiger partial charge in [0.15, 0.2) is 11.5 Å². The highest BCUT2D eigenvalue weighted by molar-refractivity contribution is 6.02. The minimum Gasteiger partial charge on any atom is -0.381 e. The van der Waals surface area contributed by atoms with Crippen molar-refractivity contribution in [2.75, 3.05) is 66.2 Å². The van der Waals surface area contributed by atoms with Crippen molar-refractivity contribution in [1.29, 1.82) is 0 Å². The lowest BCUT2D eigenvalue weighted by Crippen LogP contribution is -2.33. The second-order valence-electron chi connectivity index (χ2n) is 10.8. The summed E-state index contributed by atoms with van der Waals surface area (Å²) in [5.41, 5.74) is 8.17. The first-order chi connectivity index (χ1) is 20.5. The van der Waals surface area contributed by atoms with Gasteiger partial charge < -0.3 is 25.4 Å². The topological polar surface area (TPSA) is 105 Å². The maximum Gasteiger partial charge on any atom is 0.224 e. The van der Waals surface area contributed by atoms with E-state index in [0.29, 0.717) is 45.2 Å². The number of nitrogens with one attached hydrogen (secondary N) is 1. The lowest BCUT2D eigenvalue weighted by atomic mass is 10.1. The number of carbonyl (C=O) groups is 1. The smallest absolute Gasteiger partial charge is 0.224 e. The molecule has 42 heavy (non-hydrogen) atoms. The summed E-state index contributed by atoms with van der Waals surface area (Å²) in [5, 5.41) is 3.57. The normalized spacial score (nSPS) is 17.9. The molecule has 1 amide bonds. The number of ether oxygens (including phenoxy) is 2. The van der Waals surface area contributed by atoms with Gasteiger partial charge >= 0.3 is 0 Å². The molecule has 0 unspecified atom stereocenters. The maximum atomic E-state index is 12.1. The summed E-state index contributed by atoms with van der Waals surface area (Å²) in [6.45, 7) is 19.8. The van der Waals surface area contributed by atoms with Crippen LogP contribution in [0.1, 0.15) is 91.9 Å². The third-order valence-electron chi connectivity index (χ3n) is 7.31. The molecule has 0 aromatic heterocycles. The van der Waals surface area contributed by atoms with Crippen LogP contribution in [0, 0.1) is 5.92 Å². The molecule has 3 N–H and O–H groups in total. The molecule has 3 aliphatic rings. The summed E-state index contributed by atoms with van der Waals surface area (Å²) in [7, 11) is 1.50. The number of nitrogens with two attached hydrogens (primary N) is 1. The molecular weight excluding hydrogens is 528 g/mol. The molecule has 240 valence electrons. The van der Waals surface area contributed by atoms with E-state index < -0.39 is 0 Å². The molecule has 2 aliphatic heterocycles. The van der Waals surface area contributed by atoms with Crippen LogP contribution in [0.2, 0.25) is 0 Å². The molecule has 0 radical (unpaired) electrons. The Kier molecular flexibility index (Phi) is 21.6. The van der Waals surface area contributed by atoms with E-state index in [2.05, 4.69) is 67.3 Å². The van der Waals surface area contributed by atoms with Crippen LogP contribution in [0.5, 0.6) is 0 Å². The van der Waals surface area contributed by atoms with Crippen LogP contribution in [-0.4, -0.2) is 99.8 Å². The summed E-state index contributed by atoms with van der Waals surface area (Å²) in [6, 6.07) is 0. The Labute approximate surface area is 256 Å². The number of amides is 1. The molecule has 1 saturated carbocycles. The average Bonchev–Trinajstić information content (AvgIpc) is 3.87. The predicted molar refractivity (Wildman–Crippen MR) is 177 cm³/mol. The maximum absolute atomic E-state index is 12.1. The van der Waals surface area contributed by atoms with Gasteiger partial charge in [0.1, 0.15) is 18.8 Å². The molecule has 0 aromatic rings. The second kappa shape index (κ2) is 24.1. The van der Waals surface area contributed by atoms with Gasteiger partial charge in [-0.15, -0.1) is 0 Å². The molecule has 9 nitrogen and oxygen atoms in total. The quantitative estimate of drug-likeness (QED) is 0.115. The van der Waals surface area contributed by atoms with E-state index in [9.17, 15) is 4.79 Å². The molecule has 0 atom stereocenters. The first kappa shape index (κ1) is 37.7. The molecule has 0 spiro atoms. The van der Waals surface area contributed by atoms with Gasteiger partial charge in [-0.25, -0.2) is 9.57 Å². The number of hydrogen-bond donors (Lipinski definition) is 2. The number of hydrogen-bond acceptors (Lipinski definition) is 6. The van der Waals surface area contributed by atoms with E-state index in [4.69, 9.17) is 14.5 Å². The predicted octanol–water partition coefficient (Wildman–Crippen LogP) is 4.96. The highest BCUT2D eigenvalue weighted by atomic mass is 16.5. The average molecular weight is 590 g/mol. The van der Waals surface area contributed by atoms with Crippen molar-refractivity contribution in [1.82, 2.24) is 10.2 Å². The lowest BCUT2D eigenvalue weighted by Gasteiger charge is -2.19. The van der Waals surface area contributed by atoms with Crippen molar-refractivity contribution >= 4 is 24.2 Å². The number of allylic oxidation sites excluding steroid dienone is 1. The van der Waals surface area contributed by atoms with Crippen molar-refractivity contribution in [3.8, 4) is 0 Å². The monoisotopic (exact) mass is 589 g/mol. The van der Waals surface area contributed by atoms with Gasteiger partial charge in [0, 0.05) is 64.4 Å². The summed E-state index contributed by atoms with van der Waals surface area (Å²) >= 11 is 0. The van der Waals surface area contributed by atoms with Crippen LogP contribution in [-0.2, 0) is 14.3 Å². The molecule has 2 heterocycles. The molecule has 0 aromatic carbocycles. The molecule has 1 aliphatic carbocycles. The van der Waals surface area contributed by atoms with Gasteiger partial charge in [0.25, 0.3) is 0 Å². The third kappa shape index (κ3) is 15.2. The summed E-state index contributed by atoms with van der Waals surface area (Å²) < 4.78 is 13.0. The van der Waals surface area contributed by atoms with Gasteiger partial charge in [0.05, 0.1) is 19.6 Å². The van der Waals surface area contributed by atoms with E-state index in [0.717, 1.165) is 63.4 Å². The fourth-order valence-electron chi connectivity index (χ4n) is 4.79. The highest BCUT2D eigenvalue weighted by Gasteiger charge is 2.29. The van der Waals surface area contributed by atoms with Gasteiger partial charge in [-0.3, -0.25) is 9.79 Å². The first-order valence-electron chi connectivity index (χ1n) is 16.3. The molecule has 2 fully saturated rings. The number of aliphatic imine (C=N–C) groups is 2. The summed E-state index contributed by atoms with van der Waals surface area (Å²) in [4.78, 5) is 23.0. The number of unbranched alkanes of at least 4 members (excludes halogenated alkanes) is 2. The van der Waals surface area contributed by atoms with Gasteiger partial charge in [-0.2, -0.15) is 0 Å². The standard InChI is InChI=1S/C26H42N5O2.C6H14O.CH5N/c1-4-5-6-14-30-15-7-9-24(21(30)2)29-20-23(22-10-11-22)26(27-3)28-13-8-16-31-17-19-33-18-12-25(31)32;1-3-5-7-6-4-2;1-2/h9,20,22,29H,3-8,10-19H2,1-2H3;3-6H2,1-2H3;2H2,1H3/q+1;;/b23-20-,28-26?;;. The van der Waals surface area contributed by atoms with Crippen LogP contribution in [0.25, 0.3) is 0 Å². The van der Waals surface area contributed by atoms with Crippen LogP contribution >= 0.6 is 0 Å². The minimum atomic E-state index is 0.178. The SMILES string of the molecule is C=NC(=NCCCN1CCOCCC1=O)/C(=C\NC1=CCC[N+](CCCCC)=C1C)C1CC1.CCCOCCC.CN. The van der Waals surface area contributed by atoms with Gasteiger partial charge in [0.2, 0.25) is 5.91 Å². The van der Waals surface area contributed by atoms with Crippen LogP contribution < -0.4 is 11.1 Å².